The van der Waals surface area contributed by atoms with Gasteiger partial charge in [-0.3, -0.25) is 24.2 Å². The Balaban J connectivity index is 4.99. The summed E-state index contributed by atoms with van der Waals surface area (Å²) in [7, 11) is 0. The Hall–Kier alpha value is -3.42. The molecule has 0 bridgehead atoms. The number of amides is 3. The maximum Gasteiger partial charge on any atom is 0.326 e. The van der Waals surface area contributed by atoms with E-state index in [4.69, 9.17) is 27.4 Å². The van der Waals surface area contributed by atoms with Gasteiger partial charge in [-0.25, -0.2) is 4.79 Å². The van der Waals surface area contributed by atoms with Crippen molar-refractivity contribution < 1.29 is 34.2 Å². The molecule has 11 N–H and O–H groups in total. The van der Waals surface area contributed by atoms with E-state index in [1.807, 2.05) is 0 Å². The molecule has 0 radical (unpaired) electrons. The lowest BCUT2D eigenvalue weighted by Crippen LogP contribution is -2.54. The molecule has 0 aromatic carbocycles. The molecule has 3 unspecified atom stereocenters. The SMILES string of the molecule is CC(C)C(NC(=O)CNC(=O)C(CCCN=C(N)N)NC(=O)C(N)CCC(=O)O)C(=O)O. The summed E-state index contributed by atoms with van der Waals surface area (Å²) in [6, 6.07) is -3.37. The molecule has 0 saturated carbocycles. The van der Waals surface area contributed by atoms with E-state index in [2.05, 4.69) is 20.9 Å². The molecule has 0 aliphatic rings. The van der Waals surface area contributed by atoms with Crippen molar-refractivity contribution >= 4 is 35.6 Å². The van der Waals surface area contributed by atoms with Gasteiger partial charge in [0.2, 0.25) is 17.7 Å². The number of nitrogens with two attached hydrogens (primary N) is 3. The minimum absolute atomic E-state index is 0.103. The fourth-order valence-corrected chi connectivity index (χ4v) is 2.49. The van der Waals surface area contributed by atoms with Crippen molar-refractivity contribution in [3.8, 4) is 0 Å². The molecule has 0 aromatic heterocycles. The van der Waals surface area contributed by atoms with E-state index in [9.17, 15) is 24.0 Å². The predicted octanol–water partition coefficient (Wildman–Crippen LogP) is -2.94. The lowest BCUT2D eigenvalue weighted by Gasteiger charge is -2.21. The van der Waals surface area contributed by atoms with Crippen LogP contribution in [0.4, 0.5) is 0 Å². The zero-order chi connectivity index (χ0) is 24.8. The van der Waals surface area contributed by atoms with E-state index in [0.29, 0.717) is 6.42 Å². The number of hydrogen-bond acceptors (Lipinski definition) is 7. The van der Waals surface area contributed by atoms with Gasteiger partial charge in [0, 0.05) is 13.0 Å². The van der Waals surface area contributed by atoms with Gasteiger partial charge < -0.3 is 43.4 Å². The highest BCUT2D eigenvalue weighted by molar-refractivity contribution is 5.92. The second-order valence-corrected chi connectivity index (χ2v) is 7.39. The number of carboxylic acid groups (broad SMARTS) is 2. The highest BCUT2D eigenvalue weighted by atomic mass is 16.4. The largest absolute Gasteiger partial charge is 0.481 e. The topological polar surface area (TPSA) is 252 Å². The van der Waals surface area contributed by atoms with Gasteiger partial charge in [0.15, 0.2) is 5.96 Å². The lowest BCUT2D eigenvalue weighted by molar-refractivity contribution is -0.143. The van der Waals surface area contributed by atoms with Crippen LogP contribution >= 0.6 is 0 Å². The van der Waals surface area contributed by atoms with Crippen molar-refractivity contribution in [2.24, 2.45) is 28.1 Å². The molecule has 0 heterocycles. The number of carbonyl (C=O) groups is 5. The molecule has 0 rings (SSSR count). The fraction of sp³-hybridized carbons (Fsp3) is 0.667. The monoisotopic (exact) mass is 459 g/mol. The van der Waals surface area contributed by atoms with Crippen LogP contribution in [-0.2, 0) is 24.0 Å². The van der Waals surface area contributed by atoms with Crippen molar-refractivity contribution in [1.82, 2.24) is 16.0 Å². The van der Waals surface area contributed by atoms with E-state index >= 15 is 0 Å². The minimum atomic E-state index is -1.21. The highest BCUT2D eigenvalue weighted by Crippen LogP contribution is 2.03. The molecule has 32 heavy (non-hydrogen) atoms. The second kappa shape index (κ2) is 14.6. The van der Waals surface area contributed by atoms with E-state index in [-0.39, 0.29) is 37.7 Å². The predicted molar refractivity (Wildman–Crippen MR) is 114 cm³/mol. The molecule has 0 fully saturated rings. The normalized spacial score (nSPS) is 13.4. The summed E-state index contributed by atoms with van der Waals surface area (Å²) >= 11 is 0. The quantitative estimate of drug-likeness (QED) is 0.0702. The smallest absolute Gasteiger partial charge is 0.326 e. The average molecular weight is 460 g/mol. The minimum Gasteiger partial charge on any atom is -0.481 e. The van der Waals surface area contributed by atoms with Gasteiger partial charge >= 0.3 is 11.9 Å². The molecule has 3 amide bonds. The summed E-state index contributed by atoms with van der Waals surface area (Å²) in [6.45, 7) is 2.91. The molecule has 14 heteroatoms. The fourth-order valence-electron chi connectivity index (χ4n) is 2.49. The number of nitrogens with zero attached hydrogens (tertiary/aromatic N) is 1. The summed E-state index contributed by atoms with van der Waals surface area (Å²) in [6.07, 6.45) is -0.0406. The Morgan fingerprint density at radius 2 is 1.59 bits per heavy atom. The maximum atomic E-state index is 12.5. The third-order valence-electron chi connectivity index (χ3n) is 4.26. The first-order valence-corrected chi connectivity index (χ1v) is 9.98. The number of hydrogen-bond donors (Lipinski definition) is 8. The van der Waals surface area contributed by atoms with Gasteiger partial charge in [-0.1, -0.05) is 13.8 Å². The average Bonchev–Trinajstić information content (AvgIpc) is 2.69. The molecule has 0 saturated heterocycles. The van der Waals surface area contributed by atoms with Crippen molar-refractivity contribution in [2.75, 3.05) is 13.1 Å². The van der Waals surface area contributed by atoms with Crippen LogP contribution in [0.25, 0.3) is 0 Å². The Morgan fingerprint density at radius 1 is 0.969 bits per heavy atom. The second-order valence-electron chi connectivity index (χ2n) is 7.39. The molecule has 182 valence electrons. The first-order chi connectivity index (χ1) is 14.8. The molecular formula is C18H33N7O7. The summed E-state index contributed by atoms with van der Waals surface area (Å²) < 4.78 is 0. The molecule has 14 nitrogen and oxygen atoms in total. The molecule has 3 atom stereocenters. The maximum absolute atomic E-state index is 12.5. The molecular weight excluding hydrogens is 426 g/mol. The van der Waals surface area contributed by atoms with E-state index in [1.54, 1.807) is 13.8 Å². The number of aliphatic carboxylic acids is 2. The van der Waals surface area contributed by atoms with Crippen molar-refractivity contribution in [1.29, 1.82) is 0 Å². The van der Waals surface area contributed by atoms with Crippen LogP contribution in [0.2, 0.25) is 0 Å². The molecule has 0 aliphatic heterocycles. The van der Waals surface area contributed by atoms with E-state index in [1.165, 1.54) is 0 Å². The van der Waals surface area contributed by atoms with Gasteiger partial charge in [0.25, 0.3) is 0 Å². The standard InChI is InChI=1S/C18H33N7O7/c1-9(2)14(17(31)32)25-12(26)8-23-16(30)11(4-3-7-22-18(20)21)24-15(29)10(19)5-6-13(27)28/h9-11,14H,3-8,19H2,1-2H3,(H,23,30)(H,24,29)(H,25,26)(H,27,28)(H,31,32)(H4,20,21,22). The Labute approximate surface area is 185 Å². The van der Waals surface area contributed by atoms with E-state index in [0.717, 1.165) is 0 Å². The van der Waals surface area contributed by atoms with Gasteiger partial charge in [-0.2, -0.15) is 0 Å². The van der Waals surface area contributed by atoms with Crippen LogP contribution in [0.5, 0.6) is 0 Å². The number of guanidine groups is 1. The van der Waals surface area contributed by atoms with Crippen LogP contribution in [0, 0.1) is 5.92 Å². The zero-order valence-electron chi connectivity index (χ0n) is 18.2. The third-order valence-corrected chi connectivity index (χ3v) is 4.26. The van der Waals surface area contributed by atoms with Crippen LogP contribution in [0.1, 0.15) is 39.5 Å². The lowest BCUT2D eigenvalue weighted by atomic mass is 10.0. The summed E-state index contributed by atoms with van der Waals surface area (Å²) in [5.74, 6) is -5.00. The third kappa shape index (κ3) is 12.3. The van der Waals surface area contributed by atoms with Gasteiger partial charge in [0.1, 0.15) is 12.1 Å². The van der Waals surface area contributed by atoms with Crippen LogP contribution < -0.4 is 33.2 Å². The number of nitrogens with one attached hydrogen (secondary N) is 3. The number of carbonyl (C=O) groups excluding carboxylic acids is 3. The van der Waals surface area contributed by atoms with Gasteiger partial charge in [-0.05, 0) is 25.2 Å². The molecule has 0 aromatic rings. The number of aliphatic imine (C=N–C) groups is 1. The van der Waals surface area contributed by atoms with E-state index < -0.39 is 54.3 Å². The summed E-state index contributed by atoms with van der Waals surface area (Å²) in [4.78, 5) is 62.3. The van der Waals surface area contributed by atoms with Gasteiger partial charge in [-0.15, -0.1) is 0 Å². The first kappa shape index (κ1) is 28.6. The Bertz CT molecular complexity index is 708. The Kier molecular flexibility index (Phi) is 13.0. The van der Waals surface area contributed by atoms with Crippen molar-refractivity contribution in [2.45, 2.75) is 57.7 Å². The molecule has 0 aliphatic carbocycles. The first-order valence-electron chi connectivity index (χ1n) is 9.98. The van der Waals surface area contributed by atoms with Crippen LogP contribution in [-0.4, -0.2) is 77.0 Å². The van der Waals surface area contributed by atoms with Crippen molar-refractivity contribution in [3.05, 3.63) is 0 Å². The summed E-state index contributed by atoms with van der Waals surface area (Å²) in [5, 5.41) is 24.9. The zero-order valence-corrected chi connectivity index (χ0v) is 18.2. The molecule has 0 spiro atoms. The Morgan fingerprint density at radius 3 is 2.09 bits per heavy atom. The van der Waals surface area contributed by atoms with Gasteiger partial charge in [0.05, 0.1) is 12.6 Å². The highest BCUT2D eigenvalue weighted by Gasteiger charge is 2.26. The summed E-state index contributed by atoms with van der Waals surface area (Å²) in [5.41, 5.74) is 16.1. The van der Waals surface area contributed by atoms with Crippen molar-refractivity contribution in [3.63, 3.8) is 0 Å². The van der Waals surface area contributed by atoms with Crippen LogP contribution in [0.15, 0.2) is 4.99 Å². The number of carboxylic acids is 2. The number of rotatable bonds is 15. The van der Waals surface area contributed by atoms with Crippen LogP contribution in [0.3, 0.4) is 0 Å².